The van der Waals surface area contributed by atoms with Crippen LogP contribution in [0.15, 0.2) is 0 Å². The highest BCUT2D eigenvalue weighted by atomic mass is 33.1. The van der Waals surface area contributed by atoms with E-state index in [1.165, 1.54) is 6.42 Å². The molecule has 0 heterocycles. The molecule has 1 aliphatic rings. The summed E-state index contributed by atoms with van der Waals surface area (Å²) >= 11 is 0. The average molecular weight is 180 g/mol. The Morgan fingerprint density at radius 2 is 2.00 bits per heavy atom. The molecule has 0 spiro atoms. The summed E-state index contributed by atoms with van der Waals surface area (Å²) in [5.41, 5.74) is 0. The van der Waals surface area contributed by atoms with E-state index in [1.54, 1.807) is 21.6 Å². The predicted octanol–water partition coefficient (Wildman–Crippen LogP) is 3.28. The number of hydrogen-bond donors (Lipinski definition) is 0. The van der Waals surface area contributed by atoms with Gasteiger partial charge in [0.25, 0.3) is 0 Å². The summed E-state index contributed by atoms with van der Waals surface area (Å²) in [6, 6.07) is 0. The highest BCUT2D eigenvalue weighted by Gasteiger charge is 2.24. The molecule has 10 heavy (non-hydrogen) atoms. The zero-order valence-corrected chi connectivity index (χ0v) is 7.81. The van der Waals surface area contributed by atoms with E-state index < -0.39 is 6.17 Å². The van der Waals surface area contributed by atoms with Crippen LogP contribution in [0.4, 0.5) is 4.39 Å². The van der Waals surface area contributed by atoms with Gasteiger partial charge in [-0.3, -0.25) is 0 Å². The lowest BCUT2D eigenvalue weighted by atomic mass is 9.98. The van der Waals surface area contributed by atoms with E-state index in [0.29, 0.717) is 0 Å². The zero-order chi connectivity index (χ0) is 7.40. The van der Waals surface area contributed by atoms with Gasteiger partial charge in [-0.1, -0.05) is 34.4 Å². The van der Waals surface area contributed by atoms with Crippen molar-refractivity contribution in [1.29, 1.82) is 0 Å². The van der Waals surface area contributed by atoms with Gasteiger partial charge in [0.2, 0.25) is 0 Å². The van der Waals surface area contributed by atoms with Gasteiger partial charge in [-0.15, -0.1) is 0 Å². The lowest BCUT2D eigenvalue weighted by Crippen LogP contribution is -2.21. The summed E-state index contributed by atoms with van der Waals surface area (Å²) in [7, 11) is 3.39. The fourth-order valence-corrected chi connectivity index (χ4v) is 3.44. The predicted molar refractivity (Wildman–Crippen MR) is 48.3 cm³/mol. The van der Waals surface area contributed by atoms with Crippen molar-refractivity contribution in [3.63, 3.8) is 0 Å². The van der Waals surface area contributed by atoms with Gasteiger partial charge in [-0.05, 0) is 19.1 Å². The van der Waals surface area contributed by atoms with Crippen LogP contribution in [0.25, 0.3) is 0 Å². The molecule has 0 aliphatic heterocycles. The van der Waals surface area contributed by atoms with Crippen molar-refractivity contribution in [3.05, 3.63) is 0 Å². The zero-order valence-electron chi connectivity index (χ0n) is 6.18. The maximum atomic E-state index is 13.0. The van der Waals surface area contributed by atoms with Crippen LogP contribution in [0, 0.1) is 0 Å². The molecule has 0 aromatic carbocycles. The summed E-state index contributed by atoms with van der Waals surface area (Å²) in [4.78, 5) is 0. The van der Waals surface area contributed by atoms with Crippen molar-refractivity contribution >= 4 is 21.6 Å². The molecule has 1 rings (SSSR count). The smallest absolute Gasteiger partial charge is 0.113 e. The van der Waals surface area contributed by atoms with Gasteiger partial charge in [-0.25, -0.2) is 4.39 Å². The Kier molecular flexibility index (Phi) is 3.92. The maximum Gasteiger partial charge on any atom is 0.113 e. The molecule has 1 saturated carbocycles. The summed E-state index contributed by atoms with van der Waals surface area (Å²) in [5.74, 6) is 0. The van der Waals surface area contributed by atoms with E-state index in [0.717, 1.165) is 19.3 Å². The first-order valence-electron chi connectivity index (χ1n) is 3.68. The van der Waals surface area contributed by atoms with Crippen LogP contribution in [0.1, 0.15) is 25.7 Å². The normalized spacial score (nSPS) is 34.2. The summed E-state index contributed by atoms with van der Waals surface area (Å²) in [5, 5.41) is 0.281. The Morgan fingerprint density at radius 3 is 2.60 bits per heavy atom. The van der Waals surface area contributed by atoms with Crippen molar-refractivity contribution in [3.8, 4) is 0 Å². The van der Waals surface area contributed by atoms with Crippen LogP contribution >= 0.6 is 21.6 Å². The summed E-state index contributed by atoms with van der Waals surface area (Å²) < 4.78 is 13.0. The first-order valence-corrected chi connectivity index (χ1v) is 6.30. The average Bonchev–Trinajstić information content (AvgIpc) is 1.94. The lowest BCUT2D eigenvalue weighted by Gasteiger charge is -2.23. The van der Waals surface area contributed by atoms with Gasteiger partial charge in [0.1, 0.15) is 6.17 Å². The Hall–Kier alpha value is 0.630. The molecule has 0 bridgehead atoms. The van der Waals surface area contributed by atoms with Gasteiger partial charge in [-0.2, -0.15) is 0 Å². The molecule has 0 N–H and O–H groups in total. The number of halogens is 1. The second-order valence-corrected chi connectivity index (χ2v) is 5.31. The van der Waals surface area contributed by atoms with Crippen LogP contribution in [-0.4, -0.2) is 17.7 Å². The first-order chi connectivity index (χ1) is 4.84. The Labute approximate surface area is 69.7 Å². The third-order valence-corrected chi connectivity index (χ3v) is 4.13. The van der Waals surface area contributed by atoms with E-state index >= 15 is 0 Å². The van der Waals surface area contributed by atoms with Crippen molar-refractivity contribution in [2.24, 2.45) is 0 Å². The Bertz CT molecular complexity index is 95.6. The van der Waals surface area contributed by atoms with Gasteiger partial charge in [0.15, 0.2) is 0 Å². The number of hydrogen-bond acceptors (Lipinski definition) is 2. The first kappa shape index (κ1) is 8.72. The van der Waals surface area contributed by atoms with E-state index in [4.69, 9.17) is 0 Å². The minimum absolute atomic E-state index is 0.281. The Morgan fingerprint density at radius 1 is 1.30 bits per heavy atom. The van der Waals surface area contributed by atoms with Crippen molar-refractivity contribution in [1.82, 2.24) is 0 Å². The second kappa shape index (κ2) is 4.50. The molecule has 0 nitrogen and oxygen atoms in total. The fraction of sp³-hybridized carbons (Fsp3) is 1.00. The van der Waals surface area contributed by atoms with E-state index in [-0.39, 0.29) is 5.25 Å². The number of alkyl halides is 1. The molecule has 1 aliphatic carbocycles. The van der Waals surface area contributed by atoms with Gasteiger partial charge >= 0.3 is 0 Å². The van der Waals surface area contributed by atoms with E-state index in [9.17, 15) is 4.39 Å². The molecule has 1 fully saturated rings. The van der Waals surface area contributed by atoms with Crippen molar-refractivity contribution in [2.75, 3.05) is 6.26 Å². The third kappa shape index (κ3) is 2.35. The molecule has 0 aromatic rings. The molecular formula is C7H13FS2. The van der Waals surface area contributed by atoms with Gasteiger partial charge in [0.05, 0.1) is 0 Å². The SMILES string of the molecule is CSSC1CCCCC1F. The van der Waals surface area contributed by atoms with Crippen molar-refractivity contribution in [2.45, 2.75) is 37.1 Å². The largest absolute Gasteiger partial charge is 0.246 e. The highest BCUT2D eigenvalue weighted by Crippen LogP contribution is 2.35. The molecular weight excluding hydrogens is 167 g/mol. The lowest BCUT2D eigenvalue weighted by molar-refractivity contribution is 0.261. The molecule has 0 aromatic heterocycles. The third-order valence-electron chi connectivity index (χ3n) is 1.84. The minimum atomic E-state index is -0.536. The van der Waals surface area contributed by atoms with Gasteiger partial charge in [0, 0.05) is 5.25 Å². The van der Waals surface area contributed by atoms with E-state index in [1.807, 2.05) is 6.26 Å². The van der Waals surface area contributed by atoms with Crippen LogP contribution in [0.2, 0.25) is 0 Å². The summed E-state index contributed by atoms with van der Waals surface area (Å²) in [6.07, 6.45) is 5.66. The quantitative estimate of drug-likeness (QED) is 0.598. The van der Waals surface area contributed by atoms with E-state index in [2.05, 4.69) is 0 Å². The molecule has 60 valence electrons. The van der Waals surface area contributed by atoms with Crippen molar-refractivity contribution < 1.29 is 4.39 Å². The number of rotatable bonds is 2. The van der Waals surface area contributed by atoms with Crippen LogP contribution in [0.3, 0.4) is 0 Å². The molecule has 3 heteroatoms. The highest BCUT2D eigenvalue weighted by molar-refractivity contribution is 8.76. The minimum Gasteiger partial charge on any atom is -0.246 e. The van der Waals surface area contributed by atoms with Gasteiger partial charge < -0.3 is 0 Å². The second-order valence-electron chi connectivity index (χ2n) is 2.60. The van der Waals surface area contributed by atoms with Crippen LogP contribution in [0.5, 0.6) is 0 Å². The standard InChI is InChI=1S/C7H13FS2/c1-9-10-7-5-3-2-4-6(7)8/h6-7H,2-5H2,1H3. The molecule has 2 unspecified atom stereocenters. The van der Waals surface area contributed by atoms with Crippen LogP contribution in [-0.2, 0) is 0 Å². The molecule has 0 saturated heterocycles. The summed E-state index contributed by atoms with van der Waals surface area (Å²) in [6.45, 7) is 0. The monoisotopic (exact) mass is 180 g/mol. The fourth-order valence-electron chi connectivity index (χ4n) is 1.28. The topological polar surface area (TPSA) is 0 Å². The maximum absolute atomic E-state index is 13.0. The molecule has 0 radical (unpaired) electrons. The molecule has 0 amide bonds. The van der Waals surface area contributed by atoms with Crippen LogP contribution < -0.4 is 0 Å². The molecule has 2 atom stereocenters. The Balaban J connectivity index is 2.25.